The third-order valence-electron chi connectivity index (χ3n) is 3.17. The molecule has 1 amide bonds. The molecule has 1 heterocycles. The summed E-state index contributed by atoms with van der Waals surface area (Å²) in [6.45, 7) is 0.118. The molecule has 0 saturated carbocycles. The van der Waals surface area contributed by atoms with Crippen molar-refractivity contribution in [3.05, 3.63) is 51.6 Å². The third-order valence-corrected chi connectivity index (χ3v) is 3.84. The van der Waals surface area contributed by atoms with Gasteiger partial charge in [-0.05, 0) is 52.9 Å². The van der Waals surface area contributed by atoms with Gasteiger partial charge in [-0.1, -0.05) is 12.1 Å². The van der Waals surface area contributed by atoms with Crippen LogP contribution in [-0.4, -0.2) is 29.9 Å². The fourth-order valence-electron chi connectivity index (χ4n) is 2.01. The number of nitrogens with zero attached hydrogens (tertiary/aromatic N) is 1. The number of aromatic hydroxyl groups is 1. The van der Waals surface area contributed by atoms with Crippen LogP contribution in [0.2, 0.25) is 0 Å². The first-order valence-corrected chi connectivity index (χ1v) is 7.91. The van der Waals surface area contributed by atoms with Crippen LogP contribution < -0.4 is 14.9 Å². The Hall–Kier alpha value is -2.29. The van der Waals surface area contributed by atoms with Gasteiger partial charge in [-0.3, -0.25) is 4.79 Å². The molecule has 0 aromatic heterocycles. The van der Waals surface area contributed by atoms with E-state index in [1.807, 2.05) is 6.07 Å². The molecule has 0 saturated heterocycles. The number of rotatable bonds is 3. The van der Waals surface area contributed by atoms with Crippen molar-refractivity contribution in [2.45, 2.75) is 6.10 Å². The van der Waals surface area contributed by atoms with Gasteiger partial charge in [0.25, 0.3) is 5.91 Å². The molecule has 1 aliphatic rings. The van der Waals surface area contributed by atoms with Gasteiger partial charge in [-0.15, -0.1) is 0 Å². The second-order valence-corrected chi connectivity index (χ2v) is 6.05. The molecule has 7 heteroatoms. The number of halogens is 1. The number of carbonyl (C=O) groups excluding carboxylic acids is 1. The van der Waals surface area contributed by atoms with E-state index in [-0.39, 0.29) is 12.4 Å². The molecule has 118 valence electrons. The number of carbonyl (C=O) groups is 1. The van der Waals surface area contributed by atoms with Gasteiger partial charge in [0.2, 0.25) is 6.10 Å². The number of nitrogens with one attached hydrogen (secondary N) is 1. The fraction of sp³-hybridized carbons (Fsp3) is 0.125. The molecule has 6 nitrogen and oxygen atoms in total. The Morgan fingerprint density at radius 3 is 2.91 bits per heavy atom. The van der Waals surface area contributed by atoms with Crippen LogP contribution in [0.25, 0.3) is 0 Å². The molecule has 1 atom stereocenters. The first kappa shape index (κ1) is 15.6. The Bertz CT molecular complexity index is 763. The minimum Gasteiger partial charge on any atom is -0.507 e. The van der Waals surface area contributed by atoms with Gasteiger partial charge in [-0.2, -0.15) is 5.10 Å². The largest absolute Gasteiger partial charge is 0.507 e. The summed E-state index contributed by atoms with van der Waals surface area (Å²) in [5.41, 5.74) is 2.91. The normalized spacial score (nSPS) is 16.3. The van der Waals surface area contributed by atoms with E-state index in [4.69, 9.17) is 9.47 Å². The maximum atomic E-state index is 12.1. The highest BCUT2D eigenvalue weighted by atomic mass is 127. The molecule has 0 fully saturated rings. The van der Waals surface area contributed by atoms with E-state index in [1.165, 1.54) is 6.21 Å². The van der Waals surface area contributed by atoms with Gasteiger partial charge < -0.3 is 14.6 Å². The van der Waals surface area contributed by atoms with Gasteiger partial charge in [0.1, 0.15) is 12.4 Å². The molecule has 2 N–H and O–H groups in total. The number of hydrazone groups is 1. The quantitative estimate of drug-likeness (QED) is 0.450. The summed E-state index contributed by atoms with van der Waals surface area (Å²) in [5, 5.41) is 13.6. The number of ether oxygens (including phenoxy) is 2. The molecule has 0 aliphatic carbocycles. The first-order chi connectivity index (χ1) is 11.1. The zero-order chi connectivity index (χ0) is 16.2. The maximum Gasteiger partial charge on any atom is 0.284 e. The zero-order valence-corrected chi connectivity index (χ0v) is 14.1. The third kappa shape index (κ3) is 3.73. The summed E-state index contributed by atoms with van der Waals surface area (Å²) in [5.74, 6) is 0.817. The lowest BCUT2D eigenvalue weighted by atomic mass is 10.2. The smallest absolute Gasteiger partial charge is 0.284 e. The van der Waals surface area contributed by atoms with Crippen LogP contribution in [0.5, 0.6) is 17.2 Å². The molecule has 23 heavy (non-hydrogen) atoms. The van der Waals surface area contributed by atoms with E-state index in [0.29, 0.717) is 17.1 Å². The molecular weight excluding hydrogens is 411 g/mol. The highest BCUT2D eigenvalue weighted by Crippen LogP contribution is 2.30. The average molecular weight is 424 g/mol. The molecule has 0 bridgehead atoms. The summed E-state index contributed by atoms with van der Waals surface area (Å²) in [6.07, 6.45) is 0.610. The number of benzene rings is 2. The molecule has 0 spiro atoms. The number of para-hydroxylation sites is 2. The Morgan fingerprint density at radius 2 is 2.09 bits per heavy atom. The van der Waals surface area contributed by atoms with Crippen LogP contribution in [0.3, 0.4) is 0 Å². The molecule has 1 aliphatic heterocycles. The lowest BCUT2D eigenvalue weighted by molar-refractivity contribution is -0.130. The second kappa shape index (κ2) is 6.86. The van der Waals surface area contributed by atoms with E-state index in [2.05, 4.69) is 33.1 Å². The summed E-state index contributed by atoms with van der Waals surface area (Å²) in [4.78, 5) is 12.1. The van der Waals surface area contributed by atoms with Crippen molar-refractivity contribution in [2.24, 2.45) is 5.10 Å². The Kier molecular flexibility index (Phi) is 4.65. The topological polar surface area (TPSA) is 80.2 Å². The number of phenols is 1. The maximum absolute atomic E-state index is 12.1. The van der Waals surface area contributed by atoms with Crippen molar-refractivity contribution in [1.82, 2.24) is 5.43 Å². The highest BCUT2D eigenvalue weighted by molar-refractivity contribution is 14.1. The molecular formula is C16H13IN2O4. The van der Waals surface area contributed by atoms with Crippen molar-refractivity contribution in [1.29, 1.82) is 0 Å². The standard InChI is InChI=1S/C16H13IN2O4/c17-11-5-6-12(20)10(7-11)8-18-19-16(21)15-9-22-13-3-1-2-4-14(13)23-15/h1-8,15,20H,9H2,(H,19,21)/b18-8+. The number of hydrogen-bond acceptors (Lipinski definition) is 5. The van der Waals surface area contributed by atoms with Crippen molar-refractivity contribution < 1.29 is 19.4 Å². The van der Waals surface area contributed by atoms with Crippen molar-refractivity contribution in [3.8, 4) is 17.2 Å². The predicted octanol–water partition coefficient (Wildman–Crippen LogP) is 2.29. The fourth-order valence-corrected chi connectivity index (χ4v) is 2.53. The molecule has 2 aromatic rings. The molecule has 0 radical (unpaired) electrons. The van der Waals surface area contributed by atoms with E-state index < -0.39 is 12.0 Å². The second-order valence-electron chi connectivity index (χ2n) is 4.80. The van der Waals surface area contributed by atoms with Crippen LogP contribution in [0.1, 0.15) is 5.56 Å². The summed E-state index contributed by atoms with van der Waals surface area (Å²) in [7, 11) is 0. The van der Waals surface area contributed by atoms with E-state index in [9.17, 15) is 9.90 Å². The lowest BCUT2D eigenvalue weighted by Gasteiger charge is -2.24. The highest BCUT2D eigenvalue weighted by Gasteiger charge is 2.26. The summed E-state index contributed by atoms with van der Waals surface area (Å²) in [6, 6.07) is 12.3. The van der Waals surface area contributed by atoms with Crippen LogP contribution in [0.4, 0.5) is 0 Å². The number of hydrogen-bond donors (Lipinski definition) is 2. The molecule has 1 unspecified atom stereocenters. The summed E-state index contributed by atoms with van der Waals surface area (Å²) < 4.78 is 12.0. The van der Waals surface area contributed by atoms with E-state index in [0.717, 1.165) is 3.57 Å². The Morgan fingerprint density at radius 1 is 1.30 bits per heavy atom. The van der Waals surface area contributed by atoms with Gasteiger partial charge in [0.15, 0.2) is 11.5 Å². The first-order valence-electron chi connectivity index (χ1n) is 6.83. The zero-order valence-electron chi connectivity index (χ0n) is 11.9. The van der Waals surface area contributed by atoms with Gasteiger partial charge in [0, 0.05) is 9.13 Å². The monoisotopic (exact) mass is 424 g/mol. The predicted molar refractivity (Wildman–Crippen MR) is 92.9 cm³/mol. The van der Waals surface area contributed by atoms with Gasteiger partial charge in [-0.25, -0.2) is 5.43 Å². The average Bonchev–Trinajstić information content (AvgIpc) is 2.57. The number of phenolic OH excluding ortho intramolecular Hbond substituents is 1. The van der Waals surface area contributed by atoms with Gasteiger partial charge in [0.05, 0.1) is 6.21 Å². The minimum atomic E-state index is -0.772. The number of fused-ring (bicyclic) bond motifs is 1. The number of amides is 1. The van der Waals surface area contributed by atoms with E-state index >= 15 is 0 Å². The van der Waals surface area contributed by atoms with Crippen LogP contribution in [-0.2, 0) is 4.79 Å². The van der Waals surface area contributed by atoms with Crippen molar-refractivity contribution in [2.75, 3.05) is 6.61 Å². The molecule has 2 aromatic carbocycles. The Labute approximate surface area is 146 Å². The van der Waals surface area contributed by atoms with Crippen LogP contribution in [0, 0.1) is 3.57 Å². The van der Waals surface area contributed by atoms with Crippen LogP contribution >= 0.6 is 22.6 Å². The van der Waals surface area contributed by atoms with Crippen LogP contribution in [0.15, 0.2) is 47.6 Å². The lowest BCUT2D eigenvalue weighted by Crippen LogP contribution is -2.42. The van der Waals surface area contributed by atoms with E-state index in [1.54, 1.807) is 36.4 Å². The van der Waals surface area contributed by atoms with Crippen molar-refractivity contribution >= 4 is 34.7 Å². The molecule has 3 rings (SSSR count). The SMILES string of the molecule is O=C(N/N=C/c1cc(I)ccc1O)C1COc2ccccc2O1. The van der Waals surface area contributed by atoms with Crippen molar-refractivity contribution in [3.63, 3.8) is 0 Å². The van der Waals surface area contributed by atoms with Gasteiger partial charge >= 0.3 is 0 Å². The minimum absolute atomic E-state index is 0.0922. The summed E-state index contributed by atoms with van der Waals surface area (Å²) >= 11 is 2.13. The Balaban J connectivity index is 1.62.